The molecule has 0 spiro atoms. The Bertz CT molecular complexity index is 466. The van der Waals surface area contributed by atoms with Crippen molar-refractivity contribution < 1.29 is 4.79 Å². The molecular formula is C17H26N2OS. The third-order valence-electron chi connectivity index (χ3n) is 4.23. The van der Waals surface area contributed by atoms with E-state index in [4.69, 9.17) is 0 Å². The third kappa shape index (κ3) is 4.01. The number of carbonyl (C=O) groups excluding carboxylic acids is 1. The van der Waals surface area contributed by atoms with Crippen molar-refractivity contribution in [3.8, 4) is 0 Å². The maximum absolute atomic E-state index is 12.9. The topological polar surface area (TPSA) is 23.6 Å². The molecule has 0 radical (unpaired) electrons. The summed E-state index contributed by atoms with van der Waals surface area (Å²) in [6, 6.07) is 8.51. The van der Waals surface area contributed by atoms with E-state index in [9.17, 15) is 4.79 Å². The number of rotatable bonds is 4. The lowest BCUT2D eigenvalue weighted by molar-refractivity contribution is -0.137. The highest BCUT2D eigenvalue weighted by molar-refractivity contribution is 7.99. The summed E-state index contributed by atoms with van der Waals surface area (Å²) in [5, 5.41) is 0. The van der Waals surface area contributed by atoms with Gasteiger partial charge in [-0.3, -0.25) is 9.69 Å². The highest BCUT2D eigenvalue weighted by Crippen LogP contribution is 2.26. The molecule has 1 fully saturated rings. The van der Waals surface area contributed by atoms with E-state index in [1.54, 1.807) is 0 Å². The molecular weight excluding hydrogens is 280 g/mol. The van der Waals surface area contributed by atoms with Crippen LogP contribution in [0.1, 0.15) is 30.0 Å². The van der Waals surface area contributed by atoms with Crippen LogP contribution in [0.5, 0.6) is 0 Å². The van der Waals surface area contributed by atoms with Crippen LogP contribution in [0.3, 0.4) is 0 Å². The van der Waals surface area contributed by atoms with Gasteiger partial charge in [0, 0.05) is 13.1 Å². The summed E-state index contributed by atoms with van der Waals surface area (Å²) < 4.78 is 0. The number of aryl methyl sites for hydroxylation is 1. The lowest BCUT2D eigenvalue weighted by Gasteiger charge is -2.35. The minimum Gasteiger partial charge on any atom is -0.341 e. The molecule has 1 atom stereocenters. The smallest absolute Gasteiger partial charge is 0.244 e. The monoisotopic (exact) mass is 306 g/mol. The molecule has 0 N–H and O–H groups in total. The highest BCUT2D eigenvalue weighted by Gasteiger charge is 2.30. The molecule has 1 aromatic rings. The summed E-state index contributed by atoms with van der Waals surface area (Å²) in [7, 11) is 5.92. The Kier molecular flexibility index (Phi) is 5.71. The zero-order valence-electron chi connectivity index (χ0n) is 13.5. The Morgan fingerprint density at radius 2 is 1.71 bits per heavy atom. The first-order valence-corrected chi connectivity index (χ1v) is 8.73. The van der Waals surface area contributed by atoms with Gasteiger partial charge in [-0.25, -0.2) is 0 Å². The van der Waals surface area contributed by atoms with Crippen LogP contribution in [0, 0.1) is 6.92 Å². The van der Waals surface area contributed by atoms with Gasteiger partial charge in [-0.05, 0) is 50.9 Å². The van der Waals surface area contributed by atoms with E-state index in [0.29, 0.717) is 6.04 Å². The lowest BCUT2D eigenvalue weighted by Crippen LogP contribution is -2.45. The standard InChI is InChI=1S/C17H26N2OS/c1-13-5-7-14(8-6-13)16(18(2)3)17(20)19(4)15-9-11-21-12-10-15/h5-8,15-16H,9-12H2,1-4H3. The van der Waals surface area contributed by atoms with Crippen LogP contribution in [0.15, 0.2) is 24.3 Å². The van der Waals surface area contributed by atoms with Crippen LogP contribution in [0.4, 0.5) is 0 Å². The summed E-state index contributed by atoms with van der Waals surface area (Å²) >= 11 is 1.99. The van der Waals surface area contributed by atoms with Gasteiger partial charge in [-0.2, -0.15) is 11.8 Å². The molecule has 1 aromatic carbocycles. The van der Waals surface area contributed by atoms with Crippen molar-refractivity contribution in [1.29, 1.82) is 0 Å². The number of hydrogen-bond acceptors (Lipinski definition) is 3. The largest absolute Gasteiger partial charge is 0.341 e. The molecule has 0 bridgehead atoms. The quantitative estimate of drug-likeness (QED) is 0.854. The number of likely N-dealkylation sites (N-methyl/N-ethyl adjacent to an activating group) is 2. The van der Waals surface area contributed by atoms with E-state index < -0.39 is 0 Å². The van der Waals surface area contributed by atoms with E-state index in [-0.39, 0.29) is 11.9 Å². The van der Waals surface area contributed by atoms with Crippen LogP contribution < -0.4 is 0 Å². The molecule has 1 amide bonds. The van der Waals surface area contributed by atoms with Gasteiger partial charge in [-0.15, -0.1) is 0 Å². The molecule has 0 aliphatic carbocycles. The molecule has 2 rings (SSSR count). The predicted molar refractivity (Wildman–Crippen MR) is 90.7 cm³/mol. The molecule has 1 saturated heterocycles. The zero-order valence-corrected chi connectivity index (χ0v) is 14.3. The van der Waals surface area contributed by atoms with Crippen LogP contribution >= 0.6 is 11.8 Å². The number of amides is 1. The van der Waals surface area contributed by atoms with E-state index in [2.05, 4.69) is 31.2 Å². The number of carbonyl (C=O) groups is 1. The summed E-state index contributed by atoms with van der Waals surface area (Å²) in [4.78, 5) is 16.9. The van der Waals surface area contributed by atoms with E-state index in [1.807, 2.05) is 42.7 Å². The van der Waals surface area contributed by atoms with Gasteiger partial charge in [-0.1, -0.05) is 29.8 Å². The molecule has 116 valence electrons. The summed E-state index contributed by atoms with van der Waals surface area (Å²) in [6.07, 6.45) is 2.22. The molecule has 0 aromatic heterocycles. The first-order chi connectivity index (χ1) is 10.0. The Morgan fingerprint density at radius 3 is 2.24 bits per heavy atom. The second-order valence-corrected chi connectivity index (χ2v) is 7.29. The van der Waals surface area contributed by atoms with Crippen molar-refractivity contribution in [2.75, 3.05) is 32.6 Å². The fourth-order valence-electron chi connectivity index (χ4n) is 2.86. The zero-order chi connectivity index (χ0) is 15.4. The van der Waals surface area contributed by atoms with Crippen LogP contribution in [0.25, 0.3) is 0 Å². The van der Waals surface area contributed by atoms with Crippen molar-refractivity contribution in [2.24, 2.45) is 0 Å². The van der Waals surface area contributed by atoms with Crippen molar-refractivity contribution in [1.82, 2.24) is 9.80 Å². The minimum atomic E-state index is -0.190. The van der Waals surface area contributed by atoms with Crippen LogP contribution in [-0.2, 0) is 4.79 Å². The van der Waals surface area contributed by atoms with Gasteiger partial charge in [0.2, 0.25) is 5.91 Å². The third-order valence-corrected chi connectivity index (χ3v) is 5.28. The van der Waals surface area contributed by atoms with Crippen molar-refractivity contribution in [3.05, 3.63) is 35.4 Å². The molecule has 1 heterocycles. The second kappa shape index (κ2) is 7.32. The van der Waals surface area contributed by atoms with Gasteiger partial charge in [0.05, 0.1) is 0 Å². The van der Waals surface area contributed by atoms with Crippen molar-refractivity contribution >= 4 is 17.7 Å². The van der Waals surface area contributed by atoms with Gasteiger partial charge in [0.1, 0.15) is 6.04 Å². The van der Waals surface area contributed by atoms with E-state index >= 15 is 0 Å². The van der Waals surface area contributed by atoms with E-state index in [0.717, 1.165) is 18.4 Å². The van der Waals surface area contributed by atoms with Gasteiger partial charge in [0.25, 0.3) is 0 Å². The molecule has 4 heteroatoms. The molecule has 1 aliphatic rings. The number of thioether (sulfide) groups is 1. The first kappa shape index (κ1) is 16.4. The SMILES string of the molecule is Cc1ccc(C(C(=O)N(C)C2CCSCC2)N(C)C)cc1. The molecule has 0 saturated carbocycles. The molecule has 21 heavy (non-hydrogen) atoms. The fourth-order valence-corrected chi connectivity index (χ4v) is 3.94. The Morgan fingerprint density at radius 1 is 1.14 bits per heavy atom. The predicted octanol–water partition coefficient (Wildman–Crippen LogP) is 2.95. The van der Waals surface area contributed by atoms with Gasteiger partial charge < -0.3 is 4.90 Å². The van der Waals surface area contributed by atoms with Crippen LogP contribution in [0.2, 0.25) is 0 Å². The van der Waals surface area contributed by atoms with E-state index in [1.165, 1.54) is 17.1 Å². The number of hydrogen-bond donors (Lipinski definition) is 0. The number of nitrogens with zero attached hydrogens (tertiary/aromatic N) is 2. The Hall–Kier alpha value is -1.00. The van der Waals surface area contributed by atoms with Gasteiger partial charge in [0.15, 0.2) is 0 Å². The average Bonchev–Trinajstić information content (AvgIpc) is 2.49. The molecule has 1 unspecified atom stereocenters. The van der Waals surface area contributed by atoms with Gasteiger partial charge >= 0.3 is 0 Å². The van der Waals surface area contributed by atoms with Crippen molar-refractivity contribution in [3.63, 3.8) is 0 Å². The second-order valence-electron chi connectivity index (χ2n) is 6.07. The normalized spacial score (nSPS) is 17.8. The molecule has 3 nitrogen and oxygen atoms in total. The maximum atomic E-state index is 12.9. The first-order valence-electron chi connectivity index (χ1n) is 7.58. The summed E-state index contributed by atoms with van der Waals surface area (Å²) in [5.41, 5.74) is 2.30. The van der Waals surface area contributed by atoms with Crippen LogP contribution in [-0.4, -0.2) is 54.4 Å². The summed E-state index contributed by atoms with van der Waals surface area (Å²) in [5.74, 6) is 2.54. The molecule has 1 aliphatic heterocycles. The Labute approximate surface area is 132 Å². The maximum Gasteiger partial charge on any atom is 0.244 e. The highest BCUT2D eigenvalue weighted by atomic mass is 32.2. The summed E-state index contributed by atoms with van der Waals surface area (Å²) in [6.45, 7) is 2.07. The number of benzene rings is 1. The average molecular weight is 306 g/mol. The lowest BCUT2D eigenvalue weighted by atomic mass is 10.0. The van der Waals surface area contributed by atoms with Crippen molar-refractivity contribution in [2.45, 2.75) is 31.8 Å². The minimum absolute atomic E-state index is 0.190. The Balaban J connectivity index is 2.16. The fraction of sp³-hybridized carbons (Fsp3) is 0.588.